The normalized spacial score (nSPS) is 12.9. The lowest BCUT2D eigenvalue weighted by atomic mass is 10.3. The summed E-state index contributed by atoms with van der Waals surface area (Å²) in [6.45, 7) is 2.79. The van der Waals surface area contributed by atoms with Crippen molar-refractivity contribution >= 4 is 11.3 Å². The van der Waals surface area contributed by atoms with Crippen LogP contribution in [0.4, 0.5) is 0 Å². The standard InChI is InChI=1S/C9H11N3OS/c1-7(9-10-3-5-14-9)11-6-8-2-4-13-12-8/h2-5,7,11H,6H2,1H3. The zero-order chi connectivity index (χ0) is 9.80. The van der Waals surface area contributed by atoms with E-state index in [1.807, 2.05) is 17.6 Å². The molecule has 0 radical (unpaired) electrons. The Hall–Kier alpha value is -1.20. The fourth-order valence-corrected chi connectivity index (χ4v) is 1.79. The molecule has 2 heterocycles. The van der Waals surface area contributed by atoms with E-state index in [1.54, 1.807) is 17.6 Å². The first kappa shape index (κ1) is 9.36. The number of nitrogens with zero attached hydrogens (tertiary/aromatic N) is 2. The van der Waals surface area contributed by atoms with Crippen molar-refractivity contribution in [3.05, 3.63) is 34.6 Å². The summed E-state index contributed by atoms with van der Waals surface area (Å²) < 4.78 is 4.73. The predicted molar refractivity (Wildman–Crippen MR) is 53.9 cm³/mol. The van der Waals surface area contributed by atoms with Gasteiger partial charge >= 0.3 is 0 Å². The van der Waals surface area contributed by atoms with Gasteiger partial charge in [-0.1, -0.05) is 5.16 Å². The lowest BCUT2D eigenvalue weighted by molar-refractivity contribution is 0.406. The van der Waals surface area contributed by atoms with Crippen LogP contribution in [0.1, 0.15) is 23.7 Å². The van der Waals surface area contributed by atoms with Crippen LogP contribution in [-0.4, -0.2) is 10.1 Å². The first-order valence-electron chi connectivity index (χ1n) is 4.38. The van der Waals surface area contributed by atoms with Crippen LogP contribution in [0.25, 0.3) is 0 Å². The maximum atomic E-state index is 4.73. The molecule has 2 rings (SSSR count). The molecule has 0 spiro atoms. The van der Waals surface area contributed by atoms with Crippen molar-refractivity contribution in [1.82, 2.24) is 15.5 Å². The molecule has 0 aromatic carbocycles. The van der Waals surface area contributed by atoms with E-state index >= 15 is 0 Å². The van der Waals surface area contributed by atoms with Gasteiger partial charge in [0.25, 0.3) is 0 Å². The molecule has 0 aliphatic heterocycles. The molecule has 0 bridgehead atoms. The van der Waals surface area contributed by atoms with E-state index in [2.05, 4.69) is 22.4 Å². The highest BCUT2D eigenvalue weighted by molar-refractivity contribution is 7.09. The predicted octanol–water partition coefficient (Wildman–Crippen LogP) is 1.98. The Kier molecular flexibility index (Phi) is 2.90. The highest BCUT2D eigenvalue weighted by atomic mass is 32.1. The molecule has 0 saturated carbocycles. The molecule has 1 N–H and O–H groups in total. The minimum absolute atomic E-state index is 0.256. The largest absolute Gasteiger partial charge is 0.364 e. The van der Waals surface area contributed by atoms with Crippen molar-refractivity contribution in [3.63, 3.8) is 0 Å². The molecule has 74 valence electrons. The Morgan fingerprint density at radius 2 is 2.57 bits per heavy atom. The summed E-state index contributed by atoms with van der Waals surface area (Å²) in [5.41, 5.74) is 0.911. The van der Waals surface area contributed by atoms with E-state index in [9.17, 15) is 0 Å². The number of rotatable bonds is 4. The third-order valence-corrected chi connectivity index (χ3v) is 2.86. The van der Waals surface area contributed by atoms with Crippen LogP contribution in [0, 0.1) is 0 Å². The summed E-state index contributed by atoms with van der Waals surface area (Å²) in [5, 5.41) is 10.2. The van der Waals surface area contributed by atoms with Gasteiger partial charge in [0.05, 0.1) is 11.7 Å². The maximum Gasteiger partial charge on any atom is 0.124 e. The zero-order valence-electron chi connectivity index (χ0n) is 7.80. The molecule has 0 aliphatic carbocycles. The van der Waals surface area contributed by atoms with Gasteiger partial charge in [0.15, 0.2) is 0 Å². The third kappa shape index (κ3) is 2.18. The maximum absolute atomic E-state index is 4.73. The van der Waals surface area contributed by atoms with E-state index in [0.717, 1.165) is 10.7 Å². The number of nitrogens with one attached hydrogen (secondary N) is 1. The van der Waals surface area contributed by atoms with Gasteiger partial charge in [0.2, 0.25) is 0 Å². The molecule has 2 aromatic heterocycles. The quantitative estimate of drug-likeness (QED) is 0.836. The second kappa shape index (κ2) is 4.34. The number of thiazole rings is 1. The molecular weight excluding hydrogens is 198 g/mol. The van der Waals surface area contributed by atoms with Crippen LogP contribution in [-0.2, 0) is 6.54 Å². The molecular formula is C9H11N3OS. The summed E-state index contributed by atoms with van der Waals surface area (Å²) in [6.07, 6.45) is 3.39. The number of hydrogen-bond acceptors (Lipinski definition) is 5. The van der Waals surface area contributed by atoms with Crippen LogP contribution < -0.4 is 5.32 Å². The Bertz CT molecular complexity index is 357. The van der Waals surface area contributed by atoms with E-state index < -0.39 is 0 Å². The van der Waals surface area contributed by atoms with Crippen LogP contribution >= 0.6 is 11.3 Å². The summed E-state index contributed by atoms with van der Waals surface area (Å²) in [7, 11) is 0. The second-order valence-corrected chi connectivity index (χ2v) is 3.89. The Balaban J connectivity index is 1.87. The molecule has 0 saturated heterocycles. The molecule has 4 nitrogen and oxygen atoms in total. The highest BCUT2D eigenvalue weighted by Crippen LogP contribution is 2.14. The van der Waals surface area contributed by atoms with E-state index in [0.29, 0.717) is 6.54 Å². The van der Waals surface area contributed by atoms with E-state index in [1.165, 1.54) is 0 Å². The lowest BCUT2D eigenvalue weighted by Gasteiger charge is -2.08. The number of aromatic nitrogens is 2. The summed E-state index contributed by atoms with van der Waals surface area (Å²) in [4.78, 5) is 4.23. The van der Waals surface area contributed by atoms with Crippen LogP contribution in [0.5, 0.6) is 0 Å². The minimum atomic E-state index is 0.256. The molecule has 14 heavy (non-hydrogen) atoms. The average Bonchev–Trinajstić information content (AvgIpc) is 2.87. The van der Waals surface area contributed by atoms with Gasteiger partial charge in [-0.2, -0.15) is 0 Å². The van der Waals surface area contributed by atoms with Crippen molar-refractivity contribution in [3.8, 4) is 0 Å². The van der Waals surface area contributed by atoms with Gasteiger partial charge in [-0.15, -0.1) is 11.3 Å². The fraction of sp³-hybridized carbons (Fsp3) is 0.333. The molecule has 0 fully saturated rings. The zero-order valence-corrected chi connectivity index (χ0v) is 8.62. The Labute approximate surface area is 86.0 Å². The number of hydrogen-bond donors (Lipinski definition) is 1. The van der Waals surface area contributed by atoms with E-state index in [4.69, 9.17) is 4.52 Å². The topological polar surface area (TPSA) is 51.0 Å². The SMILES string of the molecule is CC(NCc1ccon1)c1nccs1. The molecule has 2 aromatic rings. The van der Waals surface area contributed by atoms with E-state index in [-0.39, 0.29) is 6.04 Å². The smallest absolute Gasteiger partial charge is 0.124 e. The lowest BCUT2D eigenvalue weighted by Crippen LogP contribution is -2.17. The van der Waals surface area contributed by atoms with Gasteiger partial charge in [-0.3, -0.25) is 0 Å². The minimum Gasteiger partial charge on any atom is -0.364 e. The molecule has 1 unspecified atom stereocenters. The van der Waals surface area contributed by atoms with Gasteiger partial charge in [0, 0.05) is 24.2 Å². The third-order valence-electron chi connectivity index (χ3n) is 1.90. The van der Waals surface area contributed by atoms with Crippen molar-refractivity contribution in [1.29, 1.82) is 0 Å². The molecule has 5 heteroatoms. The van der Waals surface area contributed by atoms with Crippen molar-refractivity contribution in [2.45, 2.75) is 19.5 Å². The summed E-state index contributed by atoms with van der Waals surface area (Å²) >= 11 is 1.65. The Morgan fingerprint density at radius 1 is 1.64 bits per heavy atom. The molecule has 0 aliphatic rings. The molecule has 1 atom stereocenters. The summed E-state index contributed by atoms with van der Waals surface area (Å²) in [6, 6.07) is 2.10. The van der Waals surface area contributed by atoms with Crippen molar-refractivity contribution in [2.75, 3.05) is 0 Å². The van der Waals surface area contributed by atoms with Crippen LogP contribution in [0.2, 0.25) is 0 Å². The van der Waals surface area contributed by atoms with Crippen LogP contribution in [0.3, 0.4) is 0 Å². The monoisotopic (exact) mass is 209 g/mol. The first-order chi connectivity index (χ1) is 6.86. The van der Waals surface area contributed by atoms with Gasteiger partial charge < -0.3 is 9.84 Å². The van der Waals surface area contributed by atoms with Gasteiger partial charge in [-0.25, -0.2) is 4.98 Å². The average molecular weight is 209 g/mol. The fourth-order valence-electron chi connectivity index (χ4n) is 1.12. The van der Waals surface area contributed by atoms with Crippen LogP contribution in [0.15, 0.2) is 28.4 Å². The van der Waals surface area contributed by atoms with Crippen molar-refractivity contribution < 1.29 is 4.52 Å². The van der Waals surface area contributed by atoms with Gasteiger partial charge in [-0.05, 0) is 6.92 Å². The first-order valence-corrected chi connectivity index (χ1v) is 5.26. The van der Waals surface area contributed by atoms with Gasteiger partial charge in [0.1, 0.15) is 11.3 Å². The Morgan fingerprint density at radius 3 is 3.21 bits per heavy atom. The second-order valence-electron chi connectivity index (χ2n) is 2.96. The van der Waals surface area contributed by atoms with Crippen molar-refractivity contribution in [2.24, 2.45) is 0 Å². The molecule has 0 amide bonds. The summed E-state index contributed by atoms with van der Waals surface area (Å²) in [5.74, 6) is 0. The highest BCUT2D eigenvalue weighted by Gasteiger charge is 2.07.